The van der Waals surface area contributed by atoms with Gasteiger partial charge in [0.05, 0.1) is 5.69 Å². The van der Waals surface area contributed by atoms with Crippen molar-refractivity contribution >= 4 is 50.1 Å². The first-order valence-electron chi connectivity index (χ1n) is 27.2. The van der Waals surface area contributed by atoms with Crippen molar-refractivity contribution in [3.8, 4) is 0 Å². The first kappa shape index (κ1) is 48.4. The predicted octanol–water partition coefficient (Wildman–Crippen LogP) is 19.9. The number of nitrogens with zero attached hydrogens (tertiary/aromatic N) is 1. The fourth-order valence-electron chi connectivity index (χ4n) is 11.6. The van der Waals surface area contributed by atoms with Crippen LogP contribution in [0.15, 0.2) is 224 Å². The molecule has 0 spiro atoms. The molecule has 1 atom stereocenters. The van der Waals surface area contributed by atoms with E-state index in [0.29, 0.717) is 0 Å². The number of para-hydroxylation sites is 1. The van der Waals surface area contributed by atoms with Gasteiger partial charge in [0.15, 0.2) is 0 Å². The maximum absolute atomic E-state index is 4.02. The zero-order valence-electron chi connectivity index (χ0n) is 42.5. The largest absolute Gasteiger partial charge is 0.313 e. The standard InChI is InChI=1S/C71H71N/c1-3-5-6-7-8-9-14-34-58-52-69(61-46-47-64(50-61)72(63-38-18-12-19-39-63)70-43-26-37-56-31-21-23-41-66(56)70)59(35-17-10-13-27-54-29-24-28-53(4-2)48-54)51-68(58)60-44-45-62(49-60)71(57-32-15-11-16-33-57)67-42-25-36-55-30-20-22-40-65(55)67/h4,11-12,15-16,18-26,28-33,36-48,51-52,71H,2-3,5-10,13-14,17,27,34-35,49-50H2,1H3. The molecule has 0 fully saturated rings. The Hall–Kier alpha value is -7.22. The van der Waals surface area contributed by atoms with E-state index in [1.807, 2.05) is 6.08 Å². The molecule has 360 valence electrons. The first-order valence-corrected chi connectivity index (χ1v) is 27.2. The van der Waals surface area contributed by atoms with Crippen molar-refractivity contribution < 1.29 is 0 Å². The van der Waals surface area contributed by atoms with Crippen LogP contribution in [-0.2, 0) is 19.3 Å². The molecule has 0 amide bonds. The quantitative estimate of drug-likeness (QED) is 0.0578. The van der Waals surface area contributed by atoms with Crippen LogP contribution in [0.1, 0.15) is 134 Å². The average molecular weight is 938 g/mol. The van der Waals surface area contributed by atoms with Crippen LogP contribution in [0.3, 0.4) is 0 Å². The second-order valence-electron chi connectivity index (χ2n) is 20.3. The third-order valence-corrected chi connectivity index (χ3v) is 15.4. The summed E-state index contributed by atoms with van der Waals surface area (Å²) in [5, 5.41) is 5.17. The monoisotopic (exact) mass is 938 g/mol. The normalized spacial score (nSPS) is 13.7. The van der Waals surface area contributed by atoms with Crippen molar-refractivity contribution in [2.75, 3.05) is 4.90 Å². The van der Waals surface area contributed by atoms with Gasteiger partial charge in [-0.05, 0) is 141 Å². The Balaban J connectivity index is 0.995. The summed E-state index contributed by atoms with van der Waals surface area (Å²) in [6.07, 6.45) is 29.5. The molecule has 8 aromatic carbocycles. The number of hydrogen-bond acceptors (Lipinski definition) is 1. The lowest BCUT2D eigenvalue weighted by molar-refractivity contribution is 0.589. The van der Waals surface area contributed by atoms with Crippen LogP contribution in [0.4, 0.5) is 11.4 Å². The summed E-state index contributed by atoms with van der Waals surface area (Å²) in [5.74, 6) is 0.172. The van der Waals surface area contributed by atoms with Gasteiger partial charge in [-0.2, -0.15) is 0 Å². The van der Waals surface area contributed by atoms with Gasteiger partial charge in [0.25, 0.3) is 0 Å². The zero-order valence-corrected chi connectivity index (χ0v) is 42.5. The number of unbranched alkanes of at least 4 members (excludes halogenated alkanes) is 8. The first-order chi connectivity index (χ1) is 35.6. The highest BCUT2D eigenvalue weighted by atomic mass is 15.2. The molecular formula is C71H71N. The highest BCUT2D eigenvalue weighted by Gasteiger charge is 2.27. The lowest BCUT2D eigenvalue weighted by Crippen LogP contribution is -2.16. The van der Waals surface area contributed by atoms with Crippen LogP contribution >= 0.6 is 0 Å². The number of fused-ring (bicyclic) bond motifs is 2. The molecule has 0 N–H and O–H groups in total. The molecule has 1 heteroatoms. The lowest BCUT2D eigenvalue weighted by Gasteiger charge is -2.28. The van der Waals surface area contributed by atoms with Crippen LogP contribution in [0.2, 0.25) is 0 Å². The summed E-state index contributed by atoms with van der Waals surface area (Å²) >= 11 is 0. The van der Waals surface area contributed by atoms with Crippen molar-refractivity contribution in [3.05, 3.63) is 269 Å². The Bertz CT molecular complexity index is 3240. The maximum atomic E-state index is 4.02. The summed E-state index contributed by atoms with van der Waals surface area (Å²) in [5.41, 5.74) is 19.3. The van der Waals surface area contributed by atoms with Crippen LogP contribution in [0, 0.1) is 0 Å². The van der Waals surface area contributed by atoms with E-state index in [-0.39, 0.29) is 5.92 Å². The molecule has 2 aliphatic rings. The van der Waals surface area contributed by atoms with Crippen LogP contribution in [0.5, 0.6) is 0 Å². The number of aryl methyl sites for hydroxylation is 3. The summed E-state index contributed by atoms with van der Waals surface area (Å²) in [6.45, 7) is 6.34. The Morgan fingerprint density at radius 1 is 0.486 bits per heavy atom. The van der Waals surface area contributed by atoms with E-state index in [0.717, 1.165) is 38.5 Å². The van der Waals surface area contributed by atoms with E-state index in [9.17, 15) is 0 Å². The molecule has 0 heterocycles. The van der Waals surface area contributed by atoms with Gasteiger partial charge in [-0.3, -0.25) is 0 Å². The second-order valence-corrected chi connectivity index (χ2v) is 20.3. The van der Waals surface area contributed by atoms with Gasteiger partial charge in [0.2, 0.25) is 0 Å². The van der Waals surface area contributed by atoms with Crippen LogP contribution in [0.25, 0.3) is 38.8 Å². The molecule has 0 bridgehead atoms. The van der Waals surface area contributed by atoms with Crippen molar-refractivity contribution in [2.45, 2.75) is 109 Å². The smallest absolute Gasteiger partial charge is 0.0536 e. The molecule has 1 nitrogen and oxygen atoms in total. The summed E-state index contributed by atoms with van der Waals surface area (Å²) in [7, 11) is 0. The van der Waals surface area contributed by atoms with Gasteiger partial charge in [0, 0.05) is 29.1 Å². The van der Waals surface area contributed by atoms with E-state index < -0.39 is 0 Å². The van der Waals surface area contributed by atoms with Crippen molar-refractivity contribution in [3.63, 3.8) is 0 Å². The van der Waals surface area contributed by atoms with Gasteiger partial charge >= 0.3 is 0 Å². The molecule has 0 saturated heterocycles. The van der Waals surface area contributed by atoms with E-state index in [1.54, 1.807) is 0 Å². The number of benzene rings is 8. The van der Waals surface area contributed by atoms with Crippen LogP contribution < -0.4 is 4.90 Å². The Morgan fingerprint density at radius 3 is 1.79 bits per heavy atom. The Morgan fingerprint density at radius 2 is 1.06 bits per heavy atom. The highest BCUT2D eigenvalue weighted by Crippen LogP contribution is 2.46. The van der Waals surface area contributed by atoms with E-state index in [1.165, 1.54) is 158 Å². The molecule has 10 rings (SSSR count). The van der Waals surface area contributed by atoms with Gasteiger partial charge in [-0.25, -0.2) is 0 Å². The maximum Gasteiger partial charge on any atom is 0.0536 e. The fourth-order valence-corrected chi connectivity index (χ4v) is 11.6. The molecule has 0 saturated carbocycles. The number of rotatable bonds is 23. The zero-order chi connectivity index (χ0) is 48.9. The Kier molecular flexibility index (Phi) is 16.0. The summed E-state index contributed by atoms with van der Waals surface area (Å²) in [6, 6.07) is 67.8. The van der Waals surface area contributed by atoms with Gasteiger partial charge in [0.1, 0.15) is 0 Å². The third kappa shape index (κ3) is 11.3. The van der Waals surface area contributed by atoms with Crippen molar-refractivity contribution in [1.82, 2.24) is 0 Å². The third-order valence-electron chi connectivity index (χ3n) is 15.4. The second kappa shape index (κ2) is 23.8. The number of allylic oxidation sites excluding steroid dienone is 7. The fraction of sp³-hybridized carbons (Fsp3) is 0.239. The molecule has 0 aliphatic heterocycles. The molecular weight excluding hydrogens is 867 g/mol. The molecule has 8 aromatic rings. The minimum Gasteiger partial charge on any atom is -0.313 e. The van der Waals surface area contributed by atoms with Gasteiger partial charge in [-0.15, -0.1) is 0 Å². The van der Waals surface area contributed by atoms with E-state index in [4.69, 9.17) is 0 Å². The molecule has 2 aliphatic carbocycles. The van der Waals surface area contributed by atoms with E-state index in [2.05, 4.69) is 225 Å². The Labute approximate surface area is 430 Å². The minimum absolute atomic E-state index is 0.172. The predicted molar refractivity (Wildman–Crippen MR) is 312 cm³/mol. The van der Waals surface area contributed by atoms with E-state index >= 15 is 0 Å². The molecule has 1 unspecified atom stereocenters. The molecule has 0 aromatic heterocycles. The lowest BCUT2D eigenvalue weighted by atomic mass is 9.80. The minimum atomic E-state index is 0.172. The molecule has 0 radical (unpaired) electrons. The van der Waals surface area contributed by atoms with Crippen molar-refractivity contribution in [1.29, 1.82) is 0 Å². The average Bonchev–Trinajstić information content (AvgIpc) is 4.13. The topological polar surface area (TPSA) is 3.24 Å². The molecule has 72 heavy (non-hydrogen) atoms. The summed E-state index contributed by atoms with van der Waals surface area (Å²) < 4.78 is 0. The SMILES string of the molecule is C=Cc1cccc(CCCCCc2cc(C3=CC=C(C(c4ccccc4)c4cccc5ccccc45)C3)c(CCCCCCCCC)cc2C2=CC=C(N(c3ccccc3)c3cccc4ccccc34)C2)c1. The summed E-state index contributed by atoms with van der Waals surface area (Å²) in [4.78, 5) is 2.51. The van der Waals surface area contributed by atoms with Crippen LogP contribution in [-0.4, -0.2) is 0 Å². The highest BCUT2D eigenvalue weighted by molar-refractivity contribution is 5.98. The number of hydrogen-bond donors (Lipinski definition) is 0. The van der Waals surface area contributed by atoms with Crippen molar-refractivity contribution in [2.24, 2.45) is 0 Å². The van der Waals surface area contributed by atoms with Gasteiger partial charge in [-0.1, -0.05) is 252 Å². The van der Waals surface area contributed by atoms with Gasteiger partial charge < -0.3 is 4.90 Å². The number of anilines is 2.